The summed E-state index contributed by atoms with van der Waals surface area (Å²) in [4.78, 5) is 0. The van der Waals surface area contributed by atoms with E-state index in [0.717, 1.165) is 11.1 Å². The summed E-state index contributed by atoms with van der Waals surface area (Å²) in [6, 6.07) is 14.4. The van der Waals surface area contributed by atoms with Gasteiger partial charge in [0.05, 0.1) is 14.2 Å². The van der Waals surface area contributed by atoms with Gasteiger partial charge in [-0.2, -0.15) is 4.31 Å². The molecule has 0 amide bonds. The van der Waals surface area contributed by atoms with Crippen molar-refractivity contribution < 1.29 is 23.0 Å². The van der Waals surface area contributed by atoms with Crippen LogP contribution in [0.15, 0.2) is 48.5 Å². The maximum Gasteiger partial charge on any atom is 0.220 e. The summed E-state index contributed by atoms with van der Waals surface area (Å²) in [5.74, 6) is 6.49. The highest BCUT2D eigenvalue weighted by molar-refractivity contribution is 7.89. The standard InChI is InChI=1S/C22H27NO5S/c1-5-6-22(24)17(2)29(25,26)23(15-18-7-11-20(27-3)12-8-18)16-19-9-13-21(28-4)14-10-19/h7-14,17,22,24H,15-16H2,1-4H3/t17-,22-/m0/s1. The van der Waals surface area contributed by atoms with E-state index in [1.54, 1.807) is 45.4 Å². The topological polar surface area (TPSA) is 76.1 Å². The van der Waals surface area contributed by atoms with Gasteiger partial charge in [-0.1, -0.05) is 30.2 Å². The minimum absolute atomic E-state index is 0.162. The highest BCUT2D eigenvalue weighted by Crippen LogP contribution is 2.22. The van der Waals surface area contributed by atoms with E-state index in [1.165, 1.54) is 11.2 Å². The van der Waals surface area contributed by atoms with Gasteiger partial charge < -0.3 is 14.6 Å². The van der Waals surface area contributed by atoms with Crippen LogP contribution >= 0.6 is 0 Å². The van der Waals surface area contributed by atoms with Crippen LogP contribution in [0.4, 0.5) is 0 Å². The molecule has 1 N–H and O–H groups in total. The van der Waals surface area contributed by atoms with E-state index in [1.807, 2.05) is 24.3 Å². The van der Waals surface area contributed by atoms with Crippen LogP contribution < -0.4 is 9.47 Å². The molecule has 0 unspecified atom stereocenters. The molecule has 0 saturated heterocycles. The van der Waals surface area contributed by atoms with Gasteiger partial charge >= 0.3 is 0 Å². The van der Waals surface area contributed by atoms with E-state index in [0.29, 0.717) is 11.5 Å². The average molecular weight is 418 g/mol. The number of rotatable bonds is 9. The minimum Gasteiger partial charge on any atom is -0.497 e. The van der Waals surface area contributed by atoms with E-state index >= 15 is 0 Å². The normalized spacial score (nSPS) is 13.3. The molecule has 0 aliphatic heterocycles. The number of aliphatic hydroxyl groups excluding tert-OH is 1. The fourth-order valence-electron chi connectivity index (χ4n) is 2.77. The predicted molar refractivity (Wildman–Crippen MR) is 113 cm³/mol. The fraction of sp³-hybridized carbons (Fsp3) is 0.364. The van der Waals surface area contributed by atoms with Gasteiger partial charge in [0.1, 0.15) is 22.9 Å². The van der Waals surface area contributed by atoms with Crippen LogP contribution in [0.1, 0.15) is 25.0 Å². The smallest absolute Gasteiger partial charge is 0.220 e. The van der Waals surface area contributed by atoms with Gasteiger partial charge in [0, 0.05) is 13.1 Å². The van der Waals surface area contributed by atoms with Crippen LogP contribution in [0.25, 0.3) is 0 Å². The van der Waals surface area contributed by atoms with Crippen molar-refractivity contribution >= 4 is 10.0 Å². The second-order valence-corrected chi connectivity index (χ2v) is 8.84. The van der Waals surface area contributed by atoms with Gasteiger partial charge in [0.15, 0.2) is 0 Å². The first-order valence-corrected chi connectivity index (χ1v) is 10.7. The van der Waals surface area contributed by atoms with Crippen LogP contribution in [0.2, 0.25) is 0 Å². The van der Waals surface area contributed by atoms with Crippen LogP contribution in [0.3, 0.4) is 0 Å². The van der Waals surface area contributed by atoms with Crippen LogP contribution in [0.5, 0.6) is 11.5 Å². The maximum atomic E-state index is 13.3. The zero-order valence-electron chi connectivity index (χ0n) is 17.1. The third-order valence-corrected chi connectivity index (χ3v) is 6.78. The molecule has 0 aliphatic rings. The molecule has 0 aliphatic carbocycles. The molecule has 0 saturated carbocycles. The zero-order chi connectivity index (χ0) is 21.4. The van der Waals surface area contributed by atoms with Crippen molar-refractivity contribution in [3.05, 3.63) is 59.7 Å². The number of hydrogen-bond donors (Lipinski definition) is 1. The number of sulfonamides is 1. The summed E-state index contributed by atoms with van der Waals surface area (Å²) >= 11 is 0. The summed E-state index contributed by atoms with van der Waals surface area (Å²) in [5, 5.41) is 9.10. The third-order valence-electron chi connectivity index (χ3n) is 4.60. The lowest BCUT2D eigenvalue weighted by atomic mass is 10.2. The Bertz CT molecular complexity index is 894. The largest absolute Gasteiger partial charge is 0.497 e. The molecule has 2 atom stereocenters. The number of benzene rings is 2. The Morgan fingerprint density at radius 2 is 1.34 bits per heavy atom. The quantitative estimate of drug-likeness (QED) is 0.635. The predicted octanol–water partition coefficient (Wildman–Crippen LogP) is 2.81. The molecule has 0 radical (unpaired) electrons. The van der Waals surface area contributed by atoms with Crippen LogP contribution in [0, 0.1) is 11.8 Å². The molecule has 6 nitrogen and oxygen atoms in total. The summed E-state index contributed by atoms with van der Waals surface area (Å²) in [6.45, 7) is 3.36. The second-order valence-electron chi connectivity index (χ2n) is 6.55. The molecule has 0 aromatic heterocycles. The molecule has 0 spiro atoms. The molecule has 7 heteroatoms. The van der Waals surface area contributed by atoms with E-state index in [9.17, 15) is 13.5 Å². The van der Waals surface area contributed by atoms with Gasteiger partial charge in [0.2, 0.25) is 10.0 Å². The van der Waals surface area contributed by atoms with Crippen molar-refractivity contribution in [3.8, 4) is 23.3 Å². The summed E-state index contributed by atoms with van der Waals surface area (Å²) < 4.78 is 38.2. The van der Waals surface area contributed by atoms with E-state index in [-0.39, 0.29) is 13.1 Å². The zero-order valence-corrected chi connectivity index (χ0v) is 17.9. The van der Waals surface area contributed by atoms with Gasteiger partial charge in [-0.25, -0.2) is 8.42 Å². The Morgan fingerprint density at radius 1 is 0.931 bits per heavy atom. The molecule has 2 aromatic carbocycles. The molecule has 0 bridgehead atoms. The average Bonchev–Trinajstić information content (AvgIpc) is 2.73. The van der Waals surface area contributed by atoms with Gasteiger partial charge in [0.25, 0.3) is 0 Å². The summed E-state index contributed by atoms with van der Waals surface area (Å²) in [5.41, 5.74) is 1.62. The Balaban J connectivity index is 2.34. The van der Waals surface area contributed by atoms with Gasteiger partial charge in [-0.3, -0.25) is 0 Å². The highest BCUT2D eigenvalue weighted by atomic mass is 32.2. The summed E-state index contributed by atoms with van der Waals surface area (Å²) in [7, 11) is -0.679. The molecule has 0 fully saturated rings. The number of hydrogen-bond acceptors (Lipinski definition) is 5. The lowest BCUT2D eigenvalue weighted by Gasteiger charge is -2.27. The monoisotopic (exact) mass is 417 g/mol. The lowest BCUT2D eigenvalue weighted by Crippen LogP contribution is -2.42. The van der Waals surface area contributed by atoms with Crippen molar-refractivity contribution in [3.63, 3.8) is 0 Å². The van der Waals surface area contributed by atoms with Crippen molar-refractivity contribution in [1.29, 1.82) is 0 Å². The SMILES string of the molecule is CC#C[C@H](O)[C@H](C)S(=O)(=O)N(Cc1ccc(OC)cc1)Cc1ccc(OC)cc1. The molecule has 0 heterocycles. The number of methoxy groups -OCH3 is 2. The Labute approximate surface area is 173 Å². The molecular formula is C22H27NO5S. The Kier molecular flexibility index (Phi) is 8.09. The lowest BCUT2D eigenvalue weighted by molar-refractivity contribution is 0.225. The third kappa shape index (κ3) is 5.97. The first-order valence-electron chi connectivity index (χ1n) is 9.17. The maximum absolute atomic E-state index is 13.3. The van der Waals surface area contributed by atoms with Crippen LogP contribution in [-0.2, 0) is 23.1 Å². The van der Waals surface area contributed by atoms with E-state index in [2.05, 4.69) is 11.8 Å². The number of ether oxygens (including phenoxy) is 2. The van der Waals surface area contributed by atoms with Gasteiger partial charge in [-0.15, -0.1) is 5.92 Å². The highest BCUT2D eigenvalue weighted by Gasteiger charge is 2.33. The molecule has 2 rings (SSSR count). The first kappa shape index (κ1) is 22.8. The number of aliphatic hydroxyl groups is 1. The van der Waals surface area contributed by atoms with E-state index < -0.39 is 21.4 Å². The van der Waals surface area contributed by atoms with Crippen LogP contribution in [-0.4, -0.2) is 43.4 Å². The molecule has 29 heavy (non-hydrogen) atoms. The van der Waals surface area contributed by atoms with Gasteiger partial charge in [-0.05, 0) is 49.2 Å². The fourth-order valence-corrected chi connectivity index (χ4v) is 4.29. The van der Waals surface area contributed by atoms with Crippen molar-refractivity contribution in [2.45, 2.75) is 38.3 Å². The molecule has 2 aromatic rings. The second kappa shape index (κ2) is 10.3. The molecular weight excluding hydrogens is 390 g/mol. The van der Waals surface area contributed by atoms with Crippen molar-refractivity contribution in [2.24, 2.45) is 0 Å². The molecule has 156 valence electrons. The minimum atomic E-state index is -3.83. The first-order chi connectivity index (χ1) is 13.8. The van der Waals surface area contributed by atoms with Crippen molar-refractivity contribution in [1.82, 2.24) is 4.31 Å². The Morgan fingerprint density at radius 3 is 1.69 bits per heavy atom. The number of nitrogens with zero attached hydrogens (tertiary/aromatic N) is 1. The van der Waals surface area contributed by atoms with Crippen molar-refractivity contribution in [2.75, 3.05) is 14.2 Å². The summed E-state index contributed by atoms with van der Waals surface area (Å²) in [6.07, 6.45) is -1.26. The Hall–Kier alpha value is -2.53. The van der Waals surface area contributed by atoms with E-state index in [4.69, 9.17) is 9.47 Å².